The van der Waals surface area contributed by atoms with Gasteiger partial charge in [-0.05, 0) is 32.7 Å². The lowest BCUT2D eigenvalue weighted by Crippen LogP contribution is -2.39. The maximum atomic E-state index is 11.8. The van der Waals surface area contributed by atoms with Crippen molar-refractivity contribution in [2.24, 2.45) is 5.73 Å². The highest BCUT2D eigenvalue weighted by Gasteiger charge is 2.30. The SMILES string of the molecule is CN(CCNC(=O)[C@@H]1CC[C@H](CN)O1)C1CC1. The van der Waals surface area contributed by atoms with Crippen LogP contribution in [0.4, 0.5) is 0 Å². The van der Waals surface area contributed by atoms with Gasteiger partial charge >= 0.3 is 0 Å². The minimum absolute atomic E-state index is 0.0187. The van der Waals surface area contributed by atoms with Gasteiger partial charge in [-0.1, -0.05) is 0 Å². The molecule has 1 saturated heterocycles. The molecule has 98 valence electrons. The molecule has 5 heteroatoms. The molecule has 3 N–H and O–H groups in total. The molecule has 0 aromatic heterocycles. The number of likely N-dealkylation sites (N-methyl/N-ethyl adjacent to an activating group) is 1. The van der Waals surface area contributed by atoms with Crippen LogP contribution >= 0.6 is 0 Å². The van der Waals surface area contributed by atoms with E-state index in [0.717, 1.165) is 25.4 Å². The van der Waals surface area contributed by atoms with Crippen LogP contribution in [-0.4, -0.2) is 55.7 Å². The Morgan fingerprint density at radius 2 is 2.18 bits per heavy atom. The number of carbonyl (C=O) groups is 1. The number of nitrogens with two attached hydrogens (primary N) is 1. The van der Waals surface area contributed by atoms with Crippen LogP contribution in [0.15, 0.2) is 0 Å². The van der Waals surface area contributed by atoms with Crippen molar-refractivity contribution in [3.63, 3.8) is 0 Å². The van der Waals surface area contributed by atoms with E-state index in [9.17, 15) is 4.79 Å². The Bertz CT molecular complexity index is 268. The Kier molecular flexibility index (Phi) is 4.36. The molecular formula is C12H23N3O2. The van der Waals surface area contributed by atoms with Gasteiger partial charge in [0.15, 0.2) is 0 Å². The third-order valence-corrected chi connectivity index (χ3v) is 3.60. The van der Waals surface area contributed by atoms with Crippen LogP contribution in [0, 0.1) is 0 Å². The summed E-state index contributed by atoms with van der Waals surface area (Å²) in [6.45, 7) is 2.14. The molecule has 0 unspecified atom stereocenters. The number of hydrogen-bond donors (Lipinski definition) is 2. The molecule has 0 radical (unpaired) electrons. The van der Waals surface area contributed by atoms with Crippen LogP contribution in [0.5, 0.6) is 0 Å². The number of nitrogens with one attached hydrogen (secondary N) is 1. The average molecular weight is 241 g/mol. The summed E-state index contributed by atoms with van der Waals surface area (Å²) in [5.41, 5.74) is 5.51. The summed E-state index contributed by atoms with van der Waals surface area (Å²) in [5, 5.41) is 2.94. The lowest BCUT2D eigenvalue weighted by atomic mass is 10.2. The van der Waals surface area contributed by atoms with Gasteiger partial charge in [0, 0.05) is 25.7 Å². The molecule has 0 aromatic rings. The predicted octanol–water partition coefficient (Wildman–Crippen LogP) is -0.297. The monoisotopic (exact) mass is 241 g/mol. The van der Waals surface area contributed by atoms with E-state index in [1.165, 1.54) is 12.8 Å². The van der Waals surface area contributed by atoms with Gasteiger partial charge in [-0.2, -0.15) is 0 Å². The standard InChI is InChI=1S/C12H23N3O2/c1-15(9-2-3-9)7-6-14-12(16)11-5-4-10(8-13)17-11/h9-11H,2-8,13H2,1H3,(H,14,16)/t10-,11+/m1/s1. The van der Waals surface area contributed by atoms with Crippen LogP contribution in [0.1, 0.15) is 25.7 Å². The quantitative estimate of drug-likeness (QED) is 0.670. The van der Waals surface area contributed by atoms with Gasteiger partial charge in [-0.3, -0.25) is 4.79 Å². The summed E-state index contributed by atoms with van der Waals surface area (Å²) in [6.07, 6.45) is 4.08. The van der Waals surface area contributed by atoms with Crippen molar-refractivity contribution in [3.05, 3.63) is 0 Å². The summed E-state index contributed by atoms with van der Waals surface area (Å²) in [5.74, 6) is 0.0187. The van der Waals surface area contributed by atoms with Crippen LogP contribution in [-0.2, 0) is 9.53 Å². The second-order valence-electron chi connectivity index (χ2n) is 5.06. The molecule has 0 spiro atoms. The third-order valence-electron chi connectivity index (χ3n) is 3.60. The lowest BCUT2D eigenvalue weighted by molar-refractivity contribution is -0.131. The molecule has 5 nitrogen and oxygen atoms in total. The smallest absolute Gasteiger partial charge is 0.249 e. The zero-order valence-corrected chi connectivity index (χ0v) is 10.5. The van der Waals surface area contributed by atoms with E-state index >= 15 is 0 Å². The zero-order chi connectivity index (χ0) is 12.3. The second kappa shape index (κ2) is 5.80. The first-order valence-electron chi connectivity index (χ1n) is 6.54. The van der Waals surface area contributed by atoms with Gasteiger partial charge in [-0.25, -0.2) is 0 Å². The first kappa shape index (κ1) is 12.8. The van der Waals surface area contributed by atoms with Crippen LogP contribution in [0.3, 0.4) is 0 Å². The summed E-state index contributed by atoms with van der Waals surface area (Å²) in [6, 6.07) is 0.747. The maximum absolute atomic E-state index is 11.8. The Balaban J connectivity index is 1.60. The van der Waals surface area contributed by atoms with Gasteiger partial charge in [-0.15, -0.1) is 0 Å². The molecule has 1 amide bonds. The van der Waals surface area contributed by atoms with Crippen molar-refractivity contribution in [2.45, 2.75) is 43.9 Å². The third kappa shape index (κ3) is 3.66. The molecular weight excluding hydrogens is 218 g/mol. The first-order valence-corrected chi connectivity index (χ1v) is 6.54. The van der Waals surface area contributed by atoms with Gasteiger partial charge in [0.2, 0.25) is 5.91 Å². The summed E-state index contributed by atoms with van der Waals surface area (Å²) in [7, 11) is 2.11. The minimum Gasteiger partial charge on any atom is -0.364 e. The molecule has 2 rings (SSSR count). The molecule has 1 aliphatic carbocycles. The van der Waals surface area contributed by atoms with Crippen molar-refractivity contribution in [1.29, 1.82) is 0 Å². The largest absolute Gasteiger partial charge is 0.364 e. The molecule has 0 aromatic carbocycles. The topological polar surface area (TPSA) is 67.6 Å². The Morgan fingerprint density at radius 3 is 2.76 bits per heavy atom. The van der Waals surface area contributed by atoms with E-state index < -0.39 is 0 Å². The highest BCUT2D eigenvalue weighted by atomic mass is 16.5. The van der Waals surface area contributed by atoms with E-state index in [1.807, 2.05) is 0 Å². The van der Waals surface area contributed by atoms with E-state index in [0.29, 0.717) is 13.1 Å². The molecule has 1 aliphatic heterocycles. The van der Waals surface area contributed by atoms with Crippen LogP contribution in [0.2, 0.25) is 0 Å². The average Bonchev–Trinajstić information content (AvgIpc) is 3.06. The molecule has 1 saturated carbocycles. The Labute approximate surface area is 103 Å². The number of carbonyl (C=O) groups excluding carboxylic acids is 1. The fourth-order valence-electron chi connectivity index (χ4n) is 2.24. The molecule has 2 aliphatic rings. The van der Waals surface area contributed by atoms with Crippen molar-refractivity contribution in [3.8, 4) is 0 Å². The van der Waals surface area contributed by atoms with Crippen molar-refractivity contribution in [2.75, 3.05) is 26.7 Å². The number of hydrogen-bond acceptors (Lipinski definition) is 4. The van der Waals surface area contributed by atoms with E-state index in [1.54, 1.807) is 0 Å². The summed E-state index contributed by atoms with van der Waals surface area (Å²) >= 11 is 0. The number of amides is 1. The number of rotatable bonds is 6. The van der Waals surface area contributed by atoms with E-state index in [2.05, 4.69) is 17.3 Å². The first-order chi connectivity index (χ1) is 8.20. The van der Waals surface area contributed by atoms with Gasteiger partial charge in [0.25, 0.3) is 0 Å². The maximum Gasteiger partial charge on any atom is 0.249 e. The van der Waals surface area contributed by atoms with Crippen molar-refractivity contribution in [1.82, 2.24) is 10.2 Å². The minimum atomic E-state index is -0.283. The molecule has 1 heterocycles. The zero-order valence-electron chi connectivity index (χ0n) is 10.5. The second-order valence-corrected chi connectivity index (χ2v) is 5.06. The van der Waals surface area contributed by atoms with E-state index in [4.69, 9.17) is 10.5 Å². The van der Waals surface area contributed by atoms with Crippen molar-refractivity contribution >= 4 is 5.91 Å². The predicted molar refractivity (Wildman–Crippen MR) is 65.6 cm³/mol. The fourth-order valence-corrected chi connectivity index (χ4v) is 2.24. The van der Waals surface area contributed by atoms with Crippen LogP contribution in [0.25, 0.3) is 0 Å². The highest BCUT2D eigenvalue weighted by molar-refractivity contribution is 5.81. The van der Waals surface area contributed by atoms with Gasteiger partial charge in [0.1, 0.15) is 6.10 Å². The lowest BCUT2D eigenvalue weighted by Gasteiger charge is -2.17. The van der Waals surface area contributed by atoms with Gasteiger partial charge < -0.3 is 20.7 Å². The number of ether oxygens (including phenoxy) is 1. The van der Waals surface area contributed by atoms with Gasteiger partial charge in [0.05, 0.1) is 6.10 Å². The van der Waals surface area contributed by atoms with E-state index in [-0.39, 0.29) is 18.1 Å². The molecule has 17 heavy (non-hydrogen) atoms. The fraction of sp³-hybridized carbons (Fsp3) is 0.917. The van der Waals surface area contributed by atoms with Crippen LogP contribution < -0.4 is 11.1 Å². The summed E-state index contributed by atoms with van der Waals surface area (Å²) in [4.78, 5) is 14.1. The normalized spacial score (nSPS) is 28.6. The molecule has 0 bridgehead atoms. The Morgan fingerprint density at radius 1 is 1.41 bits per heavy atom. The number of nitrogens with zero attached hydrogens (tertiary/aromatic N) is 1. The summed E-state index contributed by atoms with van der Waals surface area (Å²) < 4.78 is 5.54. The Hall–Kier alpha value is -0.650. The molecule has 2 atom stereocenters. The molecule has 2 fully saturated rings. The highest BCUT2D eigenvalue weighted by Crippen LogP contribution is 2.24. The van der Waals surface area contributed by atoms with Crippen molar-refractivity contribution < 1.29 is 9.53 Å².